The number of nitrogens with one attached hydrogen (secondary N) is 2. The number of benzene rings is 1. The molecule has 2 aromatic rings. The molecule has 0 saturated heterocycles. The van der Waals surface area contributed by atoms with Crippen molar-refractivity contribution in [1.29, 1.82) is 0 Å². The lowest BCUT2D eigenvalue weighted by atomic mass is 10.2. The van der Waals surface area contributed by atoms with E-state index in [2.05, 4.69) is 26.2 Å². The van der Waals surface area contributed by atoms with E-state index >= 15 is 0 Å². The van der Waals surface area contributed by atoms with Crippen molar-refractivity contribution in [2.24, 2.45) is 0 Å². The minimum absolute atomic E-state index is 0.0511. The van der Waals surface area contributed by atoms with Gasteiger partial charge >= 0.3 is 4.87 Å². The Bertz CT molecular complexity index is 567. The first kappa shape index (κ1) is 12.5. The second-order valence-electron chi connectivity index (χ2n) is 3.51. The van der Waals surface area contributed by atoms with Gasteiger partial charge in [0, 0.05) is 28.6 Å². The fourth-order valence-electron chi connectivity index (χ4n) is 1.40. The van der Waals surface area contributed by atoms with Crippen LogP contribution >= 0.6 is 27.3 Å². The Labute approximate surface area is 110 Å². The van der Waals surface area contributed by atoms with Crippen LogP contribution in [0.4, 0.5) is 4.39 Å². The number of aromatic amines is 1. The second-order valence-corrected chi connectivity index (χ2v) is 5.21. The third kappa shape index (κ3) is 3.49. The van der Waals surface area contributed by atoms with Crippen LogP contribution in [0.15, 0.2) is 32.8 Å². The first-order valence-electron chi connectivity index (χ1n) is 4.96. The van der Waals surface area contributed by atoms with E-state index in [-0.39, 0.29) is 10.7 Å². The highest BCUT2D eigenvalue weighted by atomic mass is 79.9. The maximum Gasteiger partial charge on any atom is 0.304 e. The van der Waals surface area contributed by atoms with Gasteiger partial charge in [0.15, 0.2) is 0 Å². The number of rotatable bonds is 4. The van der Waals surface area contributed by atoms with Crippen molar-refractivity contribution in [3.8, 4) is 0 Å². The zero-order valence-electron chi connectivity index (χ0n) is 8.80. The van der Waals surface area contributed by atoms with Gasteiger partial charge in [-0.2, -0.15) is 0 Å². The Morgan fingerprint density at radius 3 is 2.88 bits per heavy atom. The highest BCUT2D eigenvalue weighted by molar-refractivity contribution is 9.10. The van der Waals surface area contributed by atoms with Crippen LogP contribution in [0.1, 0.15) is 11.3 Å². The highest BCUT2D eigenvalue weighted by Gasteiger charge is 2.02. The standard InChI is InChI=1S/C11H10BrFN2OS/c12-10-3-8(13)2-1-7(10)4-14-5-9-6-17-11(16)15-9/h1-3,6,14H,4-5H2,(H,15,16). The van der Waals surface area contributed by atoms with Crippen molar-refractivity contribution in [1.82, 2.24) is 10.3 Å². The van der Waals surface area contributed by atoms with Crippen molar-refractivity contribution in [2.75, 3.05) is 0 Å². The Kier molecular flexibility index (Phi) is 4.09. The van der Waals surface area contributed by atoms with Crippen LogP contribution < -0.4 is 10.2 Å². The second kappa shape index (κ2) is 5.57. The maximum atomic E-state index is 12.8. The van der Waals surface area contributed by atoms with Crippen molar-refractivity contribution in [2.45, 2.75) is 13.1 Å². The Morgan fingerprint density at radius 1 is 1.41 bits per heavy atom. The summed E-state index contributed by atoms with van der Waals surface area (Å²) in [6.07, 6.45) is 0. The predicted octanol–water partition coefficient (Wildman–Crippen LogP) is 2.63. The molecule has 0 radical (unpaired) electrons. The van der Waals surface area contributed by atoms with Gasteiger partial charge in [0.05, 0.1) is 0 Å². The molecular weight excluding hydrogens is 307 g/mol. The molecule has 0 unspecified atom stereocenters. The van der Waals surface area contributed by atoms with Crippen LogP contribution in [0.25, 0.3) is 0 Å². The van der Waals surface area contributed by atoms with Crippen LogP contribution in [0.3, 0.4) is 0 Å². The van der Waals surface area contributed by atoms with Crippen molar-refractivity contribution in [3.63, 3.8) is 0 Å². The lowest BCUT2D eigenvalue weighted by molar-refractivity contribution is 0.623. The van der Waals surface area contributed by atoms with Gasteiger partial charge in [0.25, 0.3) is 0 Å². The first-order valence-corrected chi connectivity index (χ1v) is 6.64. The molecule has 0 saturated carbocycles. The molecule has 1 aromatic carbocycles. The average molecular weight is 317 g/mol. The molecule has 3 nitrogen and oxygen atoms in total. The van der Waals surface area contributed by atoms with Gasteiger partial charge in [0.1, 0.15) is 5.82 Å². The molecule has 0 bridgehead atoms. The van der Waals surface area contributed by atoms with Gasteiger partial charge in [-0.05, 0) is 17.7 Å². The number of halogens is 2. The SMILES string of the molecule is O=c1[nH]c(CNCc2ccc(F)cc2Br)cs1. The van der Waals surface area contributed by atoms with Gasteiger partial charge in [-0.15, -0.1) is 0 Å². The van der Waals surface area contributed by atoms with E-state index in [9.17, 15) is 9.18 Å². The Balaban J connectivity index is 1.92. The molecular formula is C11H10BrFN2OS. The third-order valence-electron chi connectivity index (χ3n) is 2.22. The minimum atomic E-state index is -0.261. The molecule has 1 heterocycles. The van der Waals surface area contributed by atoms with Gasteiger partial charge in [-0.25, -0.2) is 4.39 Å². The molecule has 6 heteroatoms. The summed E-state index contributed by atoms with van der Waals surface area (Å²) in [6.45, 7) is 1.20. The molecule has 0 amide bonds. The molecule has 0 aliphatic carbocycles. The molecule has 2 rings (SSSR count). The molecule has 17 heavy (non-hydrogen) atoms. The third-order valence-corrected chi connectivity index (χ3v) is 3.67. The fourth-order valence-corrected chi connectivity index (χ4v) is 2.47. The molecule has 90 valence electrons. The maximum absolute atomic E-state index is 12.8. The molecule has 0 aliphatic heterocycles. The number of hydrogen-bond donors (Lipinski definition) is 2. The number of hydrogen-bond acceptors (Lipinski definition) is 3. The van der Waals surface area contributed by atoms with E-state index in [1.54, 1.807) is 11.4 Å². The molecule has 0 spiro atoms. The Hall–Kier alpha value is -0.980. The summed E-state index contributed by atoms with van der Waals surface area (Å²) in [4.78, 5) is 13.6. The van der Waals surface area contributed by atoms with E-state index in [0.29, 0.717) is 13.1 Å². The van der Waals surface area contributed by atoms with E-state index < -0.39 is 0 Å². The van der Waals surface area contributed by atoms with E-state index in [4.69, 9.17) is 0 Å². The predicted molar refractivity (Wildman–Crippen MR) is 69.6 cm³/mol. The molecule has 1 aromatic heterocycles. The lowest BCUT2D eigenvalue weighted by Gasteiger charge is -2.05. The van der Waals surface area contributed by atoms with Crippen LogP contribution in [0, 0.1) is 5.82 Å². The molecule has 0 fully saturated rings. The minimum Gasteiger partial charge on any atom is -0.315 e. The van der Waals surface area contributed by atoms with Crippen LogP contribution in [-0.2, 0) is 13.1 Å². The first-order chi connectivity index (χ1) is 8.15. The van der Waals surface area contributed by atoms with Gasteiger partial charge in [-0.3, -0.25) is 4.79 Å². The summed E-state index contributed by atoms with van der Waals surface area (Å²) in [6, 6.07) is 4.58. The summed E-state index contributed by atoms with van der Waals surface area (Å²) in [5.41, 5.74) is 1.84. The van der Waals surface area contributed by atoms with Gasteiger partial charge < -0.3 is 10.3 Å². The number of thiazole rings is 1. The van der Waals surface area contributed by atoms with Crippen molar-refractivity contribution < 1.29 is 4.39 Å². The van der Waals surface area contributed by atoms with E-state index in [1.807, 2.05) is 0 Å². The van der Waals surface area contributed by atoms with E-state index in [1.165, 1.54) is 12.1 Å². The normalized spacial score (nSPS) is 10.7. The smallest absolute Gasteiger partial charge is 0.304 e. The molecule has 2 N–H and O–H groups in total. The van der Waals surface area contributed by atoms with Gasteiger partial charge in [0.2, 0.25) is 0 Å². The average Bonchev–Trinajstić information content (AvgIpc) is 2.68. The fraction of sp³-hybridized carbons (Fsp3) is 0.182. The lowest BCUT2D eigenvalue weighted by Crippen LogP contribution is -2.14. The summed E-state index contributed by atoms with van der Waals surface area (Å²) >= 11 is 4.45. The molecule has 0 atom stereocenters. The topological polar surface area (TPSA) is 44.9 Å². The summed E-state index contributed by atoms with van der Waals surface area (Å²) < 4.78 is 13.6. The molecule has 0 aliphatic rings. The largest absolute Gasteiger partial charge is 0.315 e. The van der Waals surface area contributed by atoms with E-state index in [0.717, 1.165) is 27.1 Å². The van der Waals surface area contributed by atoms with Crippen LogP contribution in [0.5, 0.6) is 0 Å². The zero-order valence-corrected chi connectivity index (χ0v) is 11.2. The summed E-state index contributed by atoms with van der Waals surface area (Å²) in [5, 5.41) is 4.96. The highest BCUT2D eigenvalue weighted by Crippen LogP contribution is 2.17. The summed E-state index contributed by atoms with van der Waals surface area (Å²) in [5.74, 6) is -0.261. The van der Waals surface area contributed by atoms with Crippen LogP contribution in [0.2, 0.25) is 0 Å². The monoisotopic (exact) mass is 316 g/mol. The number of H-pyrrole nitrogens is 1. The van der Waals surface area contributed by atoms with Gasteiger partial charge in [-0.1, -0.05) is 33.3 Å². The quantitative estimate of drug-likeness (QED) is 0.910. The van der Waals surface area contributed by atoms with Crippen LogP contribution in [-0.4, -0.2) is 4.98 Å². The summed E-state index contributed by atoms with van der Waals surface area (Å²) in [7, 11) is 0. The number of aromatic nitrogens is 1. The van der Waals surface area contributed by atoms with Crippen molar-refractivity contribution >= 4 is 27.3 Å². The zero-order chi connectivity index (χ0) is 12.3. The van der Waals surface area contributed by atoms with Crippen molar-refractivity contribution in [3.05, 3.63) is 54.8 Å². The Morgan fingerprint density at radius 2 is 2.24 bits per heavy atom.